The van der Waals surface area contributed by atoms with Gasteiger partial charge in [-0.25, -0.2) is 18.6 Å². The average Bonchev–Trinajstić information content (AvgIpc) is 3.46. The molecule has 32 heavy (non-hydrogen) atoms. The van der Waals surface area contributed by atoms with Crippen LogP contribution in [0.25, 0.3) is 0 Å². The van der Waals surface area contributed by atoms with Crippen molar-refractivity contribution in [3.8, 4) is 0 Å². The number of aromatic nitrogens is 1. The van der Waals surface area contributed by atoms with Gasteiger partial charge in [-0.2, -0.15) is 0 Å². The van der Waals surface area contributed by atoms with E-state index < -0.39 is 29.4 Å². The number of benzene rings is 1. The van der Waals surface area contributed by atoms with E-state index >= 15 is 0 Å². The molecule has 2 aromatic rings. The summed E-state index contributed by atoms with van der Waals surface area (Å²) in [5, 5.41) is 5.55. The number of hydrogen-bond donors (Lipinski definition) is 2. The molecule has 0 aliphatic heterocycles. The normalized spacial score (nSPS) is 14.6. The Kier molecular flexibility index (Phi) is 7.54. The second-order valence-corrected chi connectivity index (χ2v) is 10.2. The minimum atomic E-state index is -0.773. The van der Waals surface area contributed by atoms with Crippen molar-refractivity contribution in [1.82, 2.24) is 10.3 Å². The number of alkyl carbamates (subject to hydrolysis) is 1. The van der Waals surface area contributed by atoms with Crippen LogP contribution in [0, 0.1) is 17.6 Å². The monoisotopic (exact) mass is 573 g/mol. The van der Waals surface area contributed by atoms with Gasteiger partial charge in [0.1, 0.15) is 21.8 Å². The molecular weight excluding hydrogens is 552 g/mol. The van der Waals surface area contributed by atoms with Gasteiger partial charge < -0.3 is 15.4 Å². The van der Waals surface area contributed by atoms with Gasteiger partial charge in [0.05, 0.1) is 17.4 Å². The number of carbonyl (C=O) groups is 2. The zero-order valence-electron chi connectivity index (χ0n) is 17.8. The maximum Gasteiger partial charge on any atom is 0.408 e. The average molecular weight is 575 g/mol. The molecule has 1 atom stereocenters. The molecule has 0 radical (unpaired) electrons. The Bertz CT molecular complexity index is 1020. The quantitative estimate of drug-likeness (QED) is 0.412. The summed E-state index contributed by atoms with van der Waals surface area (Å²) in [7, 11) is 0. The van der Waals surface area contributed by atoms with Crippen molar-refractivity contribution in [2.75, 3.05) is 5.32 Å². The molecular formula is C22H23Br2F2N3O3. The third-order valence-electron chi connectivity index (χ3n) is 4.55. The van der Waals surface area contributed by atoms with Gasteiger partial charge in [0, 0.05) is 16.5 Å². The molecule has 0 saturated heterocycles. The van der Waals surface area contributed by atoms with Crippen molar-refractivity contribution in [2.24, 2.45) is 5.92 Å². The van der Waals surface area contributed by atoms with E-state index in [4.69, 9.17) is 4.74 Å². The number of pyridine rings is 1. The molecule has 1 unspecified atom stereocenters. The number of ether oxygens (including phenoxy) is 1. The Balaban J connectivity index is 1.91. The Labute approximate surface area is 201 Å². The van der Waals surface area contributed by atoms with Crippen molar-refractivity contribution in [3.05, 3.63) is 56.2 Å². The molecule has 1 heterocycles. The van der Waals surface area contributed by atoms with Crippen molar-refractivity contribution in [3.63, 3.8) is 0 Å². The molecule has 1 aliphatic rings. The summed E-state index contributed by atoms with van der Waals surface area (Å²) in [4.78, 5) is 29.1. The molecule has 1 saturated carbocycles. The van der Waals surface area contributed by atoms with E-state index in [1.54, 1.807) is 26.8 Å². The molecule has 2 amide bonds. The Hall–Kier alpha value is -2.07. The van der Waals surface area contributed by atoms with Gasteiger partial charge in [-0.15, -0.1) is 0 Å². The maximum absolute atomic E-state index is 13.7. The Morgan fingerprint density at radius 3 is 2.34 bits per heavy atom. The number of nitrogens with one attached hydrogen (secondary N) is 2. The van der Waals surface area contributed by atoms with E-state index in [1.165, 1.54) is 12.1 Å². The van der Waals surface area contributed by atoms with Crippen LogP contribution < -0.4 is 10.6 Å². The SMILES string of the molecule is CC(C)(C)OC(=O)NC(Cc1cc(F)cc(F)c1)c1nc(Br)c(NC(=O)C2CC2)cc1Br. The van der Waals surface area contributed by atoms with Crippen LogP contribution in [0.2, 0.25) is 0 Å². The van der Waals surface area contributed by atoms with Gasteiger partial charge in [0.25, 0.3) is 0 Å². The zero-order valence-corrected chi connectivity index (χ0v) is 20.9. The van der Waals surface area contributed by atoms with E-state index in [0.29, 0.717) is 26.0 Å². The van der Waals surface area contributed by atoms with Crippen LogP contribution in [0.5, 0.6) is 0 Å². The number of nitrogens with zero attached hydrogens (tertiary/aromatic N) is 1. The minimum Gasteiger partial charge on any atom is -0.444 e. The highest BCUT2D eigenvalue weighted by Crippen LogP contribution is 2.35. The zero-order chi connectivity index (χ0) is 23.6. The topological polar surface area (TPSA) is 80.3 Å². The van der Waals surface area contributed by atoms with E-state index in [9.17, 15) is 18.4 Å². The van der Waals surface area contributed by atoms with Gasteiger partial charge in [0.15, 0.2) is 0 Å². The molecule has 0 spiro atoms. The lowest BCUT2D eigenvalue weighted by atomic mass is 10.0. The molecule has 10 heteroatoms. The number of anilines is 1. The largest absolute Gasteiger partial charge is 0.444 e. The van der Waals surface area contributed by atoms with Crippen LogP contribution in [0.3, 0.4) is 0 Å². The van der Waals surface area contributed by atoms with Crippen molar-refractivity contribution < 1.29 is 23.1 Å². The first-order chi connectivity index (χ1) is 14.9. The van der Waals surface area contributed by atoms with Crippen LogP contribution in [-0.4, -0.2) is 22.6 Å². The Morgan fingerprint density at radius 2 is 1.78 bits per heavy atom. The summed E-state index contributed by atoms with van der Waals surface area (Å²) in [5.41, 5.74) is 0.476. The standard InChI is InChI=1S/C22H23Br2F2N3O3/c1-22(2,3)32-21(31)28-16(8-11-6-13(25)9-14(26)7-11)18-15(23)10-17(19(24)29-18)27-20(30)12-4-5-12/h6-7,9-10,12,16H,4-5,8H2,1-3H3,(H,27,30)(H,28,31). The van der Waals surface area contributed by atoms with Crippen LogP contribution in [-0.2, 0) is 16.0 Å². The summed E-state index contributed by atoms with van der Waals surface area (Å²) in [5.74, 6) is -1.50. The minimum absolute atomic E-state index is 0.0183. The smallest absolute Gasteiger partial charge is 0.408 e. The van der Waals surface area contributed by atoms with Crippen molar-refractivity contribution in [1.29, 1.82) is 0 Å². The van der Waals surface area contributed by atoms with Gasteiger partial charge in [-0.1, -0.05) is 0 Å². The summed E-state index contributed by atoms with van der Waals surface area (Å²) in [6.45, 7) is 5.18. The molecule has 3 rings (SSSR count). The highest BCUT2D eigenvalue weighted by molar-refractivity contribution is 9.11. The van der Waals surface area contributed by atoms with E-state index in [2.05, 4.69) is 47.5 Å². The first kappa shape index (κ1) is 24.6. The summed E-state index contributed by atoms with van der Waals surface area (Å²) in [6, 6.07) is 4.06. The van der Waals surface area contributed by atoms with Gasteiger partial charge in [-0.05, 0) is 95.7 Å². The van der Waals surface area contributed by atoms with Gasteiger partial charge >= 0.3 is 6.09 Å². The molecule has 1 aromatic carbocycles. The lowest BCUT2D eigenvalue weighted by Crippen LogP contribution is -2.36. The molecule has 1 fully saturated rings. The van der Waals surface area contributed by atoms with Gasteiger partial charge in [0.2, 0.25) is 5.91 Å². The fraction of sp³-hybridized carbons (Fsp3) is 0.409. The fourth-order valence-electron chi connectivity index (χ4n) is 3.02. The summed E-state index contributed by atoms with van der Waals surface area (Å²) in [6.07, 6.45) is 1.08. The fourth-order valence-corrected chi connectivity index (χ4v) is 4.02. The molecule has 6 nitrogen and oxygen atoms in total. The second kappa shape index (κ2) is 9.82. The van der Waals surface area contributed by atoms with E-state index in [-0.39, 0.29) is 18.2 Å². The highest BCUT2D eigenvalue weighted by atomic mass is 79.9. The third-order valence-corrected chi connectivity index (χ3v) is 5.79. The van der Waals surface area contributed by atoms with Crippen LogP contribution in [0.4, 0.5) is 19.3 Å². The molecule has 0 bridgehead atoms. The highest BCUT2D eigenvalue weighted by Gasteiger charge is 2.31. The Morgan fingerprint density at radius 1 is 1.16 bits per heavy atom. The third kappa shape index (κ3) is 6.96. The van der Waals surface area contributed by atoms with Crippen LogP contribution >= 0.6 is 31.9 Å². The number of halogens is 4. The molecule has 1 aromatic heterocycles. The number of rotatable bonds is 6. The first-order valence-electron chi connectivity index (χ1n) is 10.0. The first-order valence-corrected chi connectivity index (χ1v) is 11.6. The van der Waals surface area contributed by atoms with Crippen LogP contribution in [0.15, 0.2) is 33.3 Å². The molecule has 1 aliphatic carbocycles. The lowest BCUT2D eigenvalue weighted by Gasteiger charge is -2.24. The van der Waals surface area contributed by atoms with E-state index in [1.807, 2.05) is 0 Å². The summed E-state index contributed by atoms with van der Waals surface area (Å²) < 4.78 is 33.7. The maximum atomic E-state index is 13.7. The molecule has 172 valence electrons. The molecule has 2 N–H and O–H groups in total. The predicted molar refractivity (Wildman–Crippen MR) is 123 cm³/mol. The van der Waals surface area contributed by atoms with Gasteiger partial charge in [-0.3, -0.25) is 4.79 Å². The van der Waals surface area contributed by atoms with E-state index in [0.717, 1.165) is 18.9 Å². The second-order valence-electron chi connectivity index (χ2n) is 8.64. The number of amides is 2. The summed E-state index contributed by atoms with van der Waals surface area (Å²) >= 11 is 6.80. The van der Waals surface area contributed by atoms with Crippen LogP contribution in [0.1, 0.15) is 50.9 Å². The van der Waals surface area contributed by atoms with Crippen molar-refractivity contribution in [2.45, 2.75) is 51.7 Å². The van der Waals surface area contributed by atoms with Crippen molar-refractivity contribution >= 4 is 49.5 Å². The number of hydrogen-bond acceptors (Lipinski definition) is 4. The lowest BCUT2D eigenvalue weighted by molar-refractivity contribution is -0.117. The number of carbonyl (C=O) groups excluding carboxylic acids is 2. The predicted octanol–water partition coefficient (Wildman–Crippen LogP) is 6.04.